The number of imidazole rings is 1. The molecule has 0 bridgehead atoms. The monoisotopic (exact) mass is 667 g/mol. The third kappa shape index (κ3) is 8.23. The van der Waals surface area contributed by atoms with E-state index in [1.807, 2.05) is 12.1 Å². The minimum absolute atomic E-state index is 0. The van der Waals surface area contributed by atoms with E-state index in [1.165, 1.54) is 24.3 Å². The predicted octanol–water partition coefficient (Wildman–Crippen LogP) is 2.36. The van der Waals surface area contributed by atoms with Gasteiger partial charge >= 0.3 is 11.9 Å². The van der Waals surface area contributed by atoms with Crippen LogP contribution in [0.5, 0.6) is 0 Å². The summed E-state index contributed by atoms with van der Waals surface area (Å²) in [6, 6.07) is 17.5. The Morgan fingerprint density at radius 2 is 1.21 bits per heavy atom. The Bertz CT molecular complexity index is 1660. The van der Waals surface area contributed by atoms with Crippen LogP contribution < -0.4 is 5.73 Å². The predicted molar refractivity (Wildman–Crippen MR) is 173 cm³/mol. The summed E-state index contributed by atoms with van der Waals surface area (Å²) in [4.78, 5) is 54.0. The first-order valence-electron chi connectivity index (χ1n) is 14.0. The lowest BCUT2D eigenvalue weighted by molar-refractivity contribution is -0.187. The molecule has 0 amide bonds. The van der Waals surface area contributed by atoms with Crippen LogP contribution in [-0.4, -0.2) is 74.4 Å². The van der Waals surface area contributed by atoms with Gasteiger partial charge in [0.05, 0.1) is 28.6 Å². The van der Waals surface area contributed by atoms with Gasteiger partial charge in [0.2, 0.25) is 11.6 Å². The van der Waals surface area contributed by atoms with Gasteiger partial charge in [-0.25, -0.2) is 14.6 Å². The molecule has 0 spiro atoms. The van der Waals surface area contributed by atoms with Gasteiger partial charge in [0.15, 0.2) is 0 Å². The molecule has 3 aromatic carbocycles. The van der Waals surface area contributed by atoms with Crippen LogP contribution in [0.2, 0.25) is 0 Å². The van der Waals surface area contributed by atoms with Crippen LogP contribution in [0.25, 0.3) is 0 Å². The van der Waals surface area contributed by atoms with Gasteiger partial charge in [0, 0.05) is 34.5 Å². The molecule has 1 heterocycles. The lowest BCUT2D eigenvalue weighted by Crippen LogP contribution is -2.71. The molecule has 0 saturated carbocycles. The average Bonchev–Trinajstić information content (AvgIpc) is 3.47. The first-order chi connectivity index (χ1) is 21.7. The van der Waals surface area contributed by atoms with Gasteiger partial charge in [-0.2, -0.15) is 0 Å². The van der Waals surface area contributed by atoms with Crippen molar-refractivity contribution in [3.8, 4) is 0 Å². The van der Waals surface area contributed by atoms with Gasteiger partial charge in [-0.1, -0.05) is 66.6 Å². The second-order valence-corrected chi connectivity index (χ2v) is 12.0. The smallest absolute Gasteiger partial charge is 0.348 e. The number of carboxylic acids is 2. The highest BCUT2D eigenvalue weighted by Crippen LogP contribution is 2.32. The molecule has 4 aromatic rings. The zero-order chi connectivity index (χ0) is 34.2. The SMILES string of the molecule is CCCn1cncc1CS(=O)c1ccc(N)cc1.Cc1ccc(C(=O)C(O)(C(=O)O)C(O)(C(=O)O)C(=O)c2ccc(C)cc2)cc1.O. The summed E-state index contributed by atoms with van der Waals surface area (Å²) in [6.45, 7) is 6.40. The van der Waals surface area contributed by atoms with Crippen LogP contribution in [0.4, 0.5) is 5.69 Å². The Labute approximate surface area is 273 Å². The number of nitrogens with two attached hydrogens (primary N) is 1. The number of aliphatic carboxylic acids is 2. The summed E-state index contributed by atoms with van der Waals surface area (Å²) in [6.07, 6.45) is 4.61. The standard InChI is InChI=1S/C20H18O8.C13H17N3OS.H2O/c1-11-3-7-13(8-4-11)15(21)19(27,17(23)24)20(28,18(25)26)16(22)14-9-5-12(2)6-10-14;1-2-7-16-10-15-8-12(16)9-18(17)13-5-3-11(14)4-6-13;/h3-10,27-28H,1-2H3,(H,23,24)(H,25,26);3-6,8,10H,2,7,9,14H2,1H3;1H2. The number of anilines is 1. The molecule has 13 nitrogen and oxygen atoms in total. The van der Waals surface area contributed by atoms with Gasteiger partial charge in [0.25, 0.3) is 11.2 Å². The third-order valence-corrected chi connectivity index (χ3v) is 8.47. The molecule has 0 aliphatic heterocycles. The molecule has 250 valence electrons. The van der Waals surface area contributed by atoms with Crippen molar-refractivity contribution in [2.45, 2.75) is 55.6 Å². The van der Waals surface area contributed by atoms with Crippen molar-refractivity contribution >= 4 is 40.0 Å². The molecule has 0 fully saturated rings. The summed E-state index contributed by atoms with van der Waals surface area (Å²) in [7, 11) is -1.05. The van der Waals surface area contributed by atoms with Gasteiger partial charge < -0.3 is 36.2 Å². The van der Waals surface area contributed by atoms with E-state index in [2.05, 4.69) is 16.5 Å². The number of carbonyl (C=O) groups excluding carboxylic acids is 2. The Morgan fingerprint density at radius 1 is 0.787 bits per heavy atom. The van der Waals surface area contributed by atoms with E-state index in [4.69, 9.17) is 5.73 Å². The molecule has 0 aliphatic rings. The summed E-state index contributed by atoms with van der Waals surface area (Å²) in [5, 5.41) is 40.3. The fourth-order valence-corrected chi connectivity index (χ4v) is 5.52. The Balaban J connectivity index is 0.000000349. The number of rotatable bonds is 12. The lowest BCUT2D eigenvalue weighted by atomic mass is 9.73. The van der Waals surface area contributed by atoms with E-state index in [9.17, 15) is 43.8 Å². The van der Waals surface area contributed by atoms with Crippen molar-refractivity contribution in [1.29, 1.82) is 0 Å². The zero-order valence-corrected chi connectivity index (χ0v) is 26.7. The number of nitrogen functional groups attached to an aromatic ring is 1. The minimum Gasteiger partial charge on any atom is -0.479 e. The van der Waals surface area contributed by atoms with E-state index >= 15 is 0 Å². The van der Waals surface area contributed by atoms with Crippen LogP contribution in [-0.2, 0) is 32.7 Å². The molecule has 0 radical (unpaired) electrons. The number of carboxylic acid groups (broad SMARTS) is 2. The van der Waals surface area contributed by atoms with Crippen LogP contribution in [0.15, 0.2) is 90.2 Å². The Morgan fingerprint density at radius 3 is 1.60 bits per heavy atom. The van der Waals surface area contributed by atoms with Crippen molar-refractivity contribution in [1.82, 2.24) is 9.55 Å². The maximum Gasteiger partial charge on any atom is 0.348 e. The van der Waals surface area contributed by atoms with E-state index in [1.54, 1.807) is 38.5 Å². The second kappa shape index (κ2) is 16.0. The summed E-state index contributed by atoms with van der Waals surface area (Å²) < 4.78 is 14.3. The number of benzene rings is 3. The molecular formula is C33H37N3O10S. The van der Waals surface area contributed by atoms with Crippen molar-refractivity contribution in [2.75, 3.05) is 5.73 Å². The van der Waals surface area contributed by atoms with Crippen molar-refractivity contribution in [3.05, 3.63) is 113 Å². The molecule has 14 heteroatoms. The number of hydrogen-bond donors (Lipinski definition) is 5. The Kier molecular flexibility index (Phi) is 13.0. The van der Waals surface area contributed by atoms with E-state index in [0.717, 1.165) is 47.8 Å². The summed E-state index contributed by atoms with van der Waals surface area (Å²) in [5.41, 5.74) is 0.0333. The number of ketones is 2. The second-order valence-electron chi connectivity index (χ2n) is 10.6. The quantitative estimate of drug-likeness (QED) is 0.0834. The fourth-order valence-electron chi connectivity index (χ4n) is 4.41. The fraction of sp³-hybridized carbons (Fsp3) is 0.242. The minimum atomic E-state index is -3.96. The van der Waals surface area contributed by atoms with Gasteiger partial charge in [0.1, 0.15) is 0 Å². The first-order valence-corrected chi connectivity index (χ1v) is 15.4. The largest absolute Gasteiger partial charge is 0.479 e. The van der Waals surface area contributed by atoms with Crippen molar-refractivity contribution in [3.63, 3.8) is 0 Å². The number of aromatic nitrogens is 2. The molecular weight excluding hydrogens is 630 g/mol. The third-order valence-electron chi connectivity index (χ3n) is 7.11. The number of nitrogens with zero attached hydrogens (tertiary/aromatic N) is 2. The Hall–Kier alpha value is -5.02. The van der Waals surface area contributed by atoms with Crippen molar-refractivity contribution in [2.24, 2.45) is 0 Å². The van der Waals surface area contributed by atoms with Crippen LogP contribution in [0.3, 0.4) is 0 Å². The van der Waals surface area contributed by atoms with Gasteiger partial charge in [-0.05, 0) is 44.5 Å². The average molecular weight is 668 g/mol. The number of aryl methyl sites for hydroxylation is 3. The molecule has 47 heavy (non-hydrogen) atoms. The summed E-state index contributed by atoms with van der Waals surface area (Å²) in [5.74, 6) is -7.52. The molecule has 1 aromatic heterocycles. The molecule has 3 atom stereocenters. The molecule has 4 rings (SSSR count). The molecule has 0 saturated heterocycles. The van der Waals surface area contributed by atoms with Gasteiger partial charge in [-0.3, -0.25) is 13.8 Å². The zero-order valence-electron chi connectivity index (χ0n) is 25.9. The van der Waals surface area contributed by atoms with E-state index in [-0.39, 0.29) is 16.6 Å². The van der Waals surface area contributed by atoms with Gasteiger partial charge in [-0.15, -0.1) is 0 Å². The van der Waals surface area contributed by atoms with Crippen LogP contribution in [0.1, 0.15) is 50.9 Å². The van der Waals surface area contributed by atoms with E-state index < -0.39 is 45.5 Å². The topological polar surface area (TPSA) is 242 Å². The van der Waals surface area contributed by atoms with Crippen LogP contribution in [0, 0.1) is 13.8 Å². The van der Waals surface area contributed by atoms with E-state index in [0.29, 0.717) is 22.6 Å². The maximum absolute atomic E-state index is 12.8. The number of carbonyl (C=O) groups is 4. The highest BCUT2D eigenvalue weighted by atomic mass is 32.2. The highest BCUT2D eigenvalue weighted by Gasteiger charge is 2.69. The van der Waals surface area contributed by atoms with Crippen LogP contribution >= 0.6 is 0 Å². The highest BCUT2D eigenvalue weighted by molar-refractivity contribution is 7.84. The summed E-state index contributed by atoms with van der Waals surface area (Å²) >= 11 is 0. The number of Topliss-reactive ketones (excluding diaryl/α,β-unsaturated/α-hetero) is 2. The lowest BCUT2D eigenvalue weighted by Gasteiger charge is -2.34. The van der Waals surface area contributed by atoms with Crippen molar-refractivity contribution < 1.29 is 49.3 Å². The number of hydrogen-bond acceptors (Lipinski definition) is 9. The molecule has 0 aliphatic carbocycles. The molecule has 8 N–H and O–H groups in total. The normalized spacial score (nSPS) is 13.8. The maximum atomic E-state index is 12.8. The number of aliphatic hydroxyl groups is 2. The molecule has 3 unspecified atom stereocenters. The first kappa shape index (κ1) is 38.2.